The van der Waals surface area contributed by atoms with E-state index in [0.29, 0.717) is 5.70 Å². The minimum atomic E-state index is -0.214. The predicted octanol–water partition coefficient (Wildman–Crippen LogP) is 0.152. The van der Waals surface area contributed by atoms with Crippen molar-refractivity contribution in [2.75, 3.05) is 12.3 Å². The number of carbonyl (C=O) groups excluding carboxylic acids is 1. The van der Waals surface area contributed by atoms with Gasteiger partial charge in [0, 0.05) is 19.2 Å². The van der Waals surface area contributed by atoms with Crippen LogP contribution in [0.25, 0.3) is 0 Å². The quantitative estimate of drug-likeness (QED) is 0.568. The molecule has 0 spiro atoms. The summed E-state index contributed by atoms with van der Waals surface area (Å²) in [7, 11) is 0. The van der Waals surface area contributed by atoms with Gasteiger partial charge in [0.25, 0.3) is 0 Å². The molecule has 1 rings (SSSR count). The fourth-order valence-corrected chi connectivity index (χ4v) is 1.69. The molecule has 0 aliphatic carbocycles. The molecule has 0 atom stereocenters. The molecule has 5 heteroatoms. The molecule has 0 radical (unpaired) electrons. The number of amides is 1. The number of nitriles is 1. The molecule has 0 aromatic carbocycles. The largest absolute Gasteiger partial charge is 0.377 e. The summed E-state index contributed by atoms with van der Waals surface area (Å²) in [5.74, 6) is 0.730. The van der Waals surface area contributed by atoms with E-state index in [0.717, 1.165) is 17.3 Å². The number of rotatable bonds is 1. The molecule has 0 unspecified atom stereocenters. The molecule has 2 N–H and O–H groups in total. The van der Waals surface area contributed by atoms with E-state index >= 15 is 0 Å². The summed E-state index contributed by atoms with van der Waals surface area (Å²) in [6, 6.07) is 1.94. The van der Waals surface area contributed by atoms with E-state index in [4.69, 9.17) is 5.26 Å². The van der Waals surface area contributed by atoms with Gasteiger partial charge in [-0.15, -0.1) is 11.8 Å². The van der Waals surface area contributed by atoms with Crippen molar-refractivity contribution in [3.05, 3.63) is 10.7 Å². The number of hydrogen-bond donors (Lipinski definition) is 2. The maximum absolute atomic E-state index is 10.6. The van der Waals surface area contributed by atoms with Gasteiger partial charge in [0.1, 0.15) is 16.8 Å². The Labute approximate surface area is 75.0 Å². The zero-order chi connectivity index (χ0) is 8.97. The van der Waals surface area contributed by atoms with Crippen molar-refractivity contribution in [2.45, 2.75) is 6.92 Å². The second-order valence-corrected chi connectivity index (χ2v) is 3.38. The standard InChI is InChI=1S/C7H9N3OS/c1-5(11)10-6(4-8)7-9-2-3-12-7/h9H,2-3H2,1H3,(H,10,11)/b7-6+. The first kappa shape index (κ1) is 8.94. The van der Waals surface area contributed by atoms with Gasteiger partial charge in [-0.2, -0.15) is 5.26 Å². The van der Waals surface area contributed by atoms with E-state index in [2.05, 4.69) is 10.6 Å². The first-order chi connectivity index (χ1) is 5.74. The van der Waals surface area contributed by atoms with Crippen LogP contribution in [0.3, 0.4) is 0 Å². The lowest BCUT2D eigenvalue weighted by molar-refractivity contribution is -0.118. The summed E-state index contributed by atoms with van der Waals surface area (Å²) < 4.78 is 0. The Hall–Kier alpha value is -1.15. The van der Waals surface area contributed by atoms with Gasteiger partial charge in [-0.25, -0.2) is 0 Å². The average molecular weight is 183 g/mol. The van der Waals surface area contributed by atoms with Crippen LogP contribution in [-0.2, 0) is 4.79 Å². The fraction of sp³-hybridized carbons (Fsp3) is 0.429. The highest BCUT2D eigenvalue weighted by atomic mass is 32.2. The molecule has 64 valence electrons. The molecule has 0 aromatic heterocycles. The normalized spacial score (nSPS) is 19.3. The maximum atomic E-state index is 10.6. The van der Waals surface area contributed by atoms with Crippen LogP contribution in [0.4, 0.5) is 0 Å². The smallest absolute Gasteiger partial charge is 0.221 e. The Morgan fingerprint density at radius 1 is 1.83 bits per heavy atom. The zero-order valence-electron chi connectivity index (χ0n) is 6.68. The van der Waals surface area contributed by atoms with Crippen molar-refractivity contribution in [2.24, 2.45) is 0 Å². The van der Waals surface area contributed by atoms with Crippen LogP contribution in [0.5, 0.6) is 0 Å². The Morgan fingerprint density at radius 2 is 2.58 bits per heavy atom. The van der Waals surface area contributed by atoms with Crippen molar-refractivity contribution in [1.82, 2.24) is 10.6 Å². The molecule has 1 heterocycles. The maximum Gasteiger partial charge on any atom is 0.221 e. The Bertz CT molecular complexity index is 258. The van der Waals surface area contributed by atoms with Gasteiger partial charge < -0.3 is 10.6 Å². The highest BCUT2D eigenvalue weighted by Gasteiger charge is 2.12. The van der Waals surface area contributed by atoms with Gasteiger partial charge >= 0.3 is 0 Å². The van der Waals surface area contributed by atoms with E-state index in [1.54, 1.807) is 11.8 Å². The topological polar surface area (TPSA) is 64.9 Å². The summed E-state index contributed by atoms with van der Waals surface area (Å²) in [4.78, 5) is 10.6. The number of hydrogen-bond acceptors (Lipinski definition) is 4. The molecule has 12 heavy (non-hydrogen) atoms. The van der Waals surface area contributed by atoms with Gasteiger partial charge in [-0.3, -0.25) is 4.79 Å². The van der Waals surface area contributed by atoms with Crippen molar-refractivity contribution < 1.29 is 4.79 Å². The van der Waals surface area contributed by atoms with Crippen LogP contribution < -0.4 is 10.6 Å². The minimum Gasteiger partial charge on any atom is -0.377 e. The van der Waals surface area contributed by atoms with Crippen LogP contribution in [0.15, 0.2) is 10.7 Å². The zero-order valence-corrected chi connectivity index (χ0v) is 7.49. The Morgan fingerprint density at radius 3 is 3.00 bits per heavy atom. The molecule has 1 fully saturated rings. The van der Waals surface area contributed by atoms with Crippen molar-refractivity contribution in [1.29, 1.82) is 5.26 Å². The first-order valence-electron chi connectivity index (χ1n) is 3.52. The van der Waals surface area contributed by atoms with E-state index in [1.807, 2.05) is 6.07 Å². The third-order valence-corrected chi connectivity index (χ3v) is 2.32. The number of nitrogens with zero attached hydrogens (tertiary/aromatic N) is 1. The van der Waals surface area contributed by atoms with Crippen LogP contribution in [0, 0.1) is 11.3 Å². The lowest BCUT2D eigenvalue weighted by Gasteiger charge is -2.02. The number of carbonyl (C=O) groups is 1. The monoisotopic (exact) mass is 183 g/mol. The second kappa shape index (κ2) is 4.02. The van der Waals surface area contributed by atoms with E-state index < -0.39 is 0 Å². The highest BCUT2D eigenvalue weighted by Crippen LogP contribution is 2.19. The molecule has 4 nitrogen and oxygen atoms in total. The van der Waals surface area contributed by atoms with E-state index in [-0.39, 0.29) is 5.91 Å². The predicted molar refractivity (Wildman–Crippen MR) is 46.9 cm³/mol. The molecular formula is C7H9N3OS. The summed E-state index contributed by atoms with van der Waals surface area (Å²) in [6.07, 6.45) is 0. The summed E-state index contributed by atoms with van der Waals surface area (Å²) in [5.41, 5.74) is 0.324. The fourth-order valence-electron chi connectivity index (χ4n) is 0.841. The molecule has 0 bridgehead atoms. The molecule has 1 aliphatic rings. The molecule has 1 amide bonds. The SMILES string of the molecule is CC(=O)N/C(C#N)=C1\NCCS1. The Balaban J connectivity index is 2.72. The number of thioether (sulfide) groups is 1. The molecule has 1 saturated heterocycles. The van der Waals surface area contributed by atoms with Crippen molar-refractivity contribution >= 4 is 17.7 Å². The van der Waals surface area contributed by atoms with Gasteiger partial charge in [0.15, 0.2) is 0 Å². The Kier molecular flexibility index (Phi) is 3.00. The third-order valence-electron chi connectivity index (χ3n) is 1.27. The molecular weight excluding hydrogens is 174 g/mol. The minimum absolute atomic E-state index is 0.214. The summed E-state index contributed by atoms with van der Waals surface area (Å²) in [6.45, 7) is 2.24. The molecule has 0 saturated carbocycles. The highest BCUT2D eigenvalue weighted by molar-refractivity contribution is 8.03. The van der Waals surface area contributed by atoms with Crippen LogP contribution in [-0.4, -0.2) is 18.2 Å². The van der Waals surface area contributed by atoms with E-state index in [1.165, 1.54) is 6.92 Å². The van der Waals surface area contributed by atoms with E-state index in [9.17, 15) is 4.79 Å². The summed E-state index contributed by atoms with van der Waals surface area (Å²) in [5, 5.41) is 14.9. The van der Waals surface area contributed by atoms with Gasteiger partial charge in [0.2, 0.25) is 5.91 Å². The first-order valence-corrected chi connectivity index (χ1v) is 4.51. The van der Waals surface area contributed by atoms with Crippen LogP contribution >= 0.6 is 11.8 Å². The number of allylic oxidation sites excluding steroid dienone is 1. The van der Waals surface area contributed by atoms with Crippen LogP contribution in [0.1, 0.15) is 6.92 Å². The lowest BCUT2D eigenvalue weighted by Crippen LogP contribution is -2.21. The molecule has 0 aromatic rings. The van der Waals surface area contributed by atoms with Crippen molar-refractivity contribution in [3.63, 3.8) is 0 Å². The number of nitrogens with one attached hydrogen (secondary N) is 2. The van der Waals surface area contributed by atoms with Crippen LogP contribution in [0.2, 0.25) is 0 Å². The van der Waals surface area contributed by atoms with Gasteiger partial charge in [-0.1, -0.05) is 0 Å². The third kappa shape index (κ3) is 2.17. The average Bonchev–Trinajstić information content (AvgIpc) is 2.51. The van der Waals surface area contributed by atoms with Gasteiger partial charge in [-0.05, 0) is 0 Å². The van der Waals surface area contributed by atoms with Crippen molar-refractivity contribution in [3.8, 4) is 6.07 Å². The molecule has 1 aliphatic heterocycles. The second-order valence-electron chi connectivity index (χ2n) is 2.27. The summed E-state index contributed by atoms with van der Waals surface area (Å²) >= 11 is 1.55. The lowest BCUT2D eigenvalue weighted by atomic mass is 10.5. The van der Waals surface area contributed by atoms with Gasteiger partial charge in [0.05, 0.1) is 0 Å².